The van der Waals surface area contributed by atoms with Crippen molar-refractivity contribution in [3.8, 4) is 0 Å². The molecule has 0 radical (unpaired) electrons. The summed E-state index contributed by atoms with van der Waals surface area (Å²) in [7, 11) is 0. The molecule has 9 nitrogen and oxygen atoms in total. The average molecular weight is 325 g/mol. The third-order valence-corrected chi connectivity index (χ3v) is 3.49. The van der Waals surface area contributed by atoms with Crippen LogP contribution < -0.4 is 16.8 Å². The molecule has 9 heteroatoms. The zero-order valence-corrected chi connectivity index (χ0v) is 13.3. The lowest BCUT2D eigenvalue weighted by Gasteiger charge is -2.12. The van der Waals surface area contributed by atoms with Crippen molar-refractivity contribution in [3.05, 3.63) is 41.7 Å². The summed E-state index contributed by atoms with van der Waals surface area (Å²) in [5.41, 5.74) is 13.2. The fourth-order valence-electron chi connectivity index (χ4n) is 2.33. The number of nitrogens with two attached hydrogens (primary N) is 2. The van der Waals surface area contributed by atoms with Crippen LogP contribution in [0.25, 0.3) is 11.2 Å². The van der Waals surface area contributed by atoms with Crippen molar-refractivity contribution in [3.63, 3.8) is 0 Å². The van der Waals surface area contributed by atoms with E-state index in [4.69, 9.17) is 11.5 Å². The maximum atomic E-state index is 5.49. The molecule has 1 aromatic carbocycles. The summed E-state index contributed by atoms with van der Waals surface area (Å²) in [6.45, 7) is 2.57. The van der Waals surface area contributed by atoms with E-state index in [9.17, 15) is 0 Å². The minimum Gasteiger partial charge on any atom is -0.370 e. The fourth-order valence-corrected chi connectivity index (χ4v) is 2.33. The second-order valence-corrected chi connectivity index (χ2v) is 5.24. The van der Waals surface area contributed by atoms with Gasteiger partial charge in [0.1, 0.15) is 6.04 Å². The number of nitrogens with one attached hydrogen (secondary N) is 2. The van der Waals surface area contributed by atoms with Crippen LogP contribution in [0.4, 0.5) is 5.82 Å². The number of aliphatic imine (C=N–C) groups is 1. The number of hydrogen-bond acceptors (Lipinski definition) is 6. The first kappa shape index (κ1) is 15.7. The number of nitrogens with zero attached hydrogens (tertiary/aromatic N) is 5. The molecule has 0 saturated heterocycles. The van der Waals surface area contributed by atoms with Crippen molar-refractivity contribution in [2.45, 2.75) is 25.9 Å². The van der Waals surface area contributed by atoms with Crippen LogP contribution in [-0.4, -0.2) is 31.3 Å². The van der Waals surface area contributed by atoms with E-state index in [-0.39, 0.29) is 12.0 Å². The summed E-state index contributed by atoms with van der Waals surface area (Å²) in [6.07, 6.45) is 0.666. The summed E-state index contributed by atoms with van der Waals surface area (Å²) < 4.78 is 0. The maximum absolute atomic E-state index is 5.49. The summed E-state index contributed by atoms with van der Waals surface area (Å²) in [5.74, 6) is 1.10. The van der Waals surface area contributed by atoms with E-state index in [0.717, 1.165) is 5.56 Å². The molecule has 2 heterocycles. The molecule has 0 aliphatic rings. The minimum absolute atomic E-state index is 0.00416. The lowest BCUT2D eigenvalue weighted by Crippen LogP contribution is -2.24. The van der Waals surface area contributed by atoms with E-state index in [1.165, 1.54) is 0 Å². The first-order valence-corrected chi connectivity index (χ1v) is 7.62. The zero-order chi connectivity index (χ0) is 16.9. The number of rotatable bonds is 6. The third-order valence-electron chi connectivity index (χ3n) is 3.49. The van der Waals surface area contributed by atoms with Gasteiger partial charge in [-0.05, 0) is 12.0 Å². The summed E-state index contributed by atoms with van der Waals surface area (Å²) >= 11 is 0. The summed E-state index contributed by atoms with van der Waals surface area (Å²) in [5, 5.41) is 14.0. The maximum Gasteiger partial charge on any atom is 0.207 e. The van der Waals surface area contributed by atoms with Crippen molar-refractivity contribution < 1.29 is 0 Å². The van der Waals surface area contributed by atoms with E-state index >= 15 is 0 Å². The molecular formula is C15H19N9. The van der Waals surface area contributed by atoms with Crippen LogP contribution in [0.2, 0.25) is 0 Å². The molecule has 0 spiro atoms. The molecule has 0 aliphatic heterocycles. The van der Waals surface area contributed by atoms with Crippen molar-refractivity contribution in [1.29, 1.82) is 0 Å². The molecule has 24 heavy (non-hydrogen) atoms. The topological polar surface area (TPSA) is 144 Å². The van der Waals surface area contributed by atoms with Gasteiger partial charge in [0.2, 0.25) is 5.65 Å². The number of fused-ring (bicyclic) bond motifs is 1. The SMILES string of the molecule is CCC(N=C(N)N)c1nc(NCc2ccccc2)c2n[nH]nc2n1. The second-order valence-electron chi connectivity index (χ2n) is 5.24. The van der Waals surface area contributed by atoms with Gasteiger partial charge in [-0.25, -0.2) is 15.0 Å². The number of H-pyrrole nitrogens is 1. The molecule has 6 N–H and O–H groups in total. The smallest absolute Gasteiger partial charge is 0.207 e. The Kier molecular flexibility index (Phi) is 4.50. The number of aromatic nitrogens is 5. The summed E-state index contributed by atoms with van der Waals surface area (Å²) in [4.78, 5) is 13.1. The second kappa shape index (κ2) is 6.90. The molecular weight excluding hydrogens is 306 g/mol. The van der Waals surface area contributed by atoms with Gasteiger partial charge in [0, 0.05) is 6.54 Å². The standard InChI is InChI=1S/C15H19N9/c1-2-10(19-15(16)17)12-20-13(11-14(21-12)23-24-22-11)18-8-9-6-4-3-5-7-9/h3-7,10H,2,8H2,1H3,(H4,16,17,19)(H2,18,20,21,22,23,24). The number of benzene rings is 1. The van der Waals surface area contributed by atoms with Crippen molar-refractivity contribution in [2.24, 2.45) is 16.5 Å². The Morgan fingerprint density at radius 2 is 2.00 bits per heavy atom. The Bertz CT molecular complexity index is 837. The molecule has 0 bridgehead atoms. The number of guanidine groups is 1. The Labute approximate surface area is 138 Å². The van der Waals surface area contributed by atoms with Crippen LogP contribution in [0.1, 0.15) is 30.8 Å². The van der Waals surface area contributed by atoms with Crippen LogP contribution in [0, 0.1) is 0 Å². The number of hydrogen-bond donors (Lipinski definition) is 4. The van der Waals surface area contributed by atoms with Gasteiger partial charge in [0.05, 0.1) is 0 Å². The molecule has 124 valence electrons. The van der Waals surface area contributed by atoms with E-state index in [0.29, 0.717) is 35.8 Å². The van der Waals surface area contributed by atoms with Gasteiger partial charge in [-0.15, -0.1) is 5.10 Å². The molecule has 3 rings (SSSR count). The Hall–Kier alpha value is -3.23. The van der Waals surface area contributed by atoms with E-state index < -0.39 is 0 Å². The molecule has 1 unspecified atom stereocenters. The van der Waals surface area contributed by atoms with Crippen LogP contribution in [-0.2, 0) is 6.54 Å². The Morgan fingerprint density at radius 3 is 2.71 bits per heavy atom. The highest BCUT2D eigenvalue weighted by atomic mass is 15.4. The third kappa shape index (κ3) is 3.40. The highest BCUT2D eigenvalue weighted by molar-refractivity contribution is 5.81. The van der Waals surface area contributed by atoms with Gasteiger partial charge >= 0.3 is 0 Å². The van der Waals surface area contributed by atoms with Crippen molar-refractivity contribution >= 4 is 22.9 Å². The van der Waals surface area contributed by atoms with Gasteiger partial charge in [-0.3, -0.25) is 0 Å². The molecule has 0 aliphatic carbocycles. The van der Waals surface area contributed by atoms with Crippen LogP contribution in [0.15, 0.2) is 35.3 Å². The van der Waals surface area contributed by atoms with E-state index in [1.54, 1.807) is 0 Å². The predicted molar refractivity (Wildman–Crippen MR) is 92.1 cm³/mol. The summed E-state index contributed by atoms with van der Waals surface area (Å²) in [6, 6.07) is 9.68. The Morgan fingerprint density at radius 1 is 1.21 bits per heavy atom. The van der Waals surface area contributed by atoms with Gasteiger partial charge < -0.3 is 16.8 Å². The minimum atomic E-state index is -0.326. The van der Waals surface area contributed by atoms with Gasteiger partial charge in [0.15, 0.2) is 23.1 Å². The normalized spacial score (nSPS) is 12.0. The first-order chi connectivity index (χ1) is 11.7. The predicted octanol–water partition coefficient (Wildman–Crippen LogP) is 1.08. The monoisotopic (exact) mass is 325 g/mol. The Balaban J connectivity index is 1.94. The zero-order valence-electron chi connectivity index (χ0n) is 13.3. The van der Waals surface area contributed by atoms with Crippen molar-refractivity contribution in [1.82, 2.24) is 25.4 Å². The highest BCUT2D eigenvalue weighted by Crippen LogP contribution is 2.23. The molecule has 3 aromatic rings. The molecule has 0 fully saturated rings. The van der Waals surface area contributed by atoms with Crippen LogP contribution in [0.5, 0.6) is 0 Å². The molecule has 0 saturated carbocycles. The first-order valence-electron chi connectivity index (χ1n) is 7.62. The van der Waals surface area contributed by atoms with Crippen LogP contribution in [0.3, 0.4) is 0 Å². The number of anilines is 1. The largest absolute Gasteiger partial charge is 0.370 e. The fraction of sp³-hybridized carbons (Fsp3) is 0.267. The molecule has 0 amide bonds. The van der Waals surface area contributed by atoms with E-state index in [1.807, 2.05) is 37.3 Å². The lowest BCUT2D eigenvalue weighted by atomic mass is 10.2. The molecule has 2 aromatic heterocycles. The van der Waals surface area contributed by atoms with Gasteiger partial charge in [0.25, 0.3) is 0 Å². The average Bonchev–Trinajstić information content (AvgIpc) is 3.07. The quantitative estimate of drug-likeness (QED) is 0.392. The van der Waals surface area contributed by atoms with Gasteiger partial charge in [-0.2, -0.15) is 10.3 Å². The lowest BCUT2D eigenvalue weighted by molar-refractivity contribution is 0.653. The number of aromatic amines is 1. The molecule has 1 atom stereocenters. The highest BCUT2D eigenvalue weighted by Gasteiger charge is 2.17. The van der Waals surface area contributed by atoms with Gasteiger partial charge in [-0.1, -0.05) is 37.3 Å². The van der Waals surface area contributed by atoms with Crippen LogP contribution >= 0.6 is 0 Å². The van der Waals surface area contributed by atoms with Crippen molar-refractivity contribution in [2.75, 3.05) is 5.32 Å². The van der Waals surface area contributed by atoms with E-state index in [2.05, 4.69) is 35.7 Å².